The quantitative estimate of drug-likeness (QED) is 0.645. The average Bonchev–Trinajstić information content (AvgIpc) is 3.20. The standard InChI is InChI=1S/C19H15ClN2O5/c1-19(12-3-5-13(20)6-4-12)17(24)22(18(25)21-19)9-14(23)11-2-7-15-16(8-11)27-10-26-15/h2-8H,9-10H2,1H3,(H,21,25)/t19-/m1/s1. The molecule has 2 aliphatic rings. The predicted molar refractivity (Wildman–Crippen MR) is 95.9 cm³/mol. The zero-order valence-corrected chi connectivity index (χ0v) is 15.1. The molecule has 0 unspecified atom stereocenters. The number of nitrogens with zero attached hydrogens (tertiary/aromatic N) is 1. The average molecular weight is 387 g/mol. The van der Waals surface area contributed by atoms with E-state index in [0.717, 1.165) is 4.90 Å². The lowest BCUT2D eigenvalue weighted by Gasteiger charge is -2.22. The molecule has 0 radical (unpaired) electrons. The van der Waals surface area contributed by atoms with Gasteiger partial charge in [0.15, 0.2) is 17.3 Å². The van der Waals surface area contributed by atoms with Crippen LogP contribution in [0.25, 0.3) is 0 Å². The van der Waals surface area contributed by atoms with Crippen LogP contribution in [-0.2, 0) is 10.3 Å². The summed E-state index contributed by atoms with van der Waals surface area (Å²) in [5, 5.41) is 3.18. The molecule has 4 rings (SSSR count). The molecule has 1 atom stereocenters. The Morgan fingerprint density at radius 1 is 1.15 bits per heavy atom. The second kappa shape index (κ2) is 6.28. The number of imide groups is 1. The van der Waals surface area contributed by atoms with Crippen LogP contribution in [0.3, 0.4) is 0 Å². The van der Waals surface area contributed by atoms with Crippen molar-refractivity contribution in [3.63, 3.8) is 0 Å². The van der Waals surface area contributed by atoms with Crippen molar-refractivity contribution in [3.05, 3.63) is 58.6 Å². The number of hydrogen-bond acceptors (Lipinski definition) is 5. The van der Waals surface area contributed by atoms with E-state index in [1.54, 1.807) is 49.4 Å². The first kappa shape index (κ1) is 17.4. The van der Waals surface area contributed by atoms with Gasteiger partial charge in [0.1, 0.15) is 5.54 Å². The highest BCUT2D eigenvalue weighted by molar-refractivity contribution is 6.30. The number of hydrogen-bond donors (Lipinski definition) is 1. The monoisotopic (exact) mass is 386 g/mol. The summed E-state index contributed by atoms with van der Waals surface area (Å²) < 4.78 is 10.5. The Kier molecular flexibility index (Phi) is 4.04. The summed E-state index contributed by atoms with van der Waals surface area (Å²) >= 11 is 5.89. The topological polar surface area (TPSA) is 84.9 Å². The lowest BCUT2D eigenvalue weighted by Crippen LogP contribution is -2.41. The van der Waals surface area contributed by atoms with Crippen LogP contribution in [0.15, 0.2) is 42.5 Å². The van der Waals surface area contributed by atoms with Crippen molar-refractivity contribution in [1.29, 1.82) is 0 Å². The van der Waals surface area contributed by atoms with E-state index in [1.807, 2.05) is 0 Å². The lowest BCUT2D eigenvalue weighted by atomic mass is 9.92. The number of ether oxygens (including phenoxy) is 2. The molecule has 1 saturated heterocycles. The minimum absolute atomic E-state index is 0.0967. The fourth-order valence-electron chi connectivity index (χ4n) is 3.12. The number of rotatable bonds is 4. The lowest BCUT2D eigenvalue weighted by molar-refractivity contribution is -0.130. The summed E-state index contributed by atoms with van der Waals surface area (Å²) in [4.78, 5) is 38.8. The molecule has 7 nitrogen and oxygen atoms in total. The summed E-state index contributed by atoms with van der Waals surface area (Å²) in [5.41, 5.74) is -0.333. The number of benzene rings is 2. The first-order valence-electron chi connectivity index (χ1n) is 8.21. The Bertz CT molecular complexity index is 959. The fraction of sp³-hybridized carbons (Fsp3) is 0.211. The highest BCUT2D eigenvalue weighted by Gasteiger charge is 2.49. The minimum atomic E-state index is -1.25. The number of halogens is 1. The van der Waals surface area contributed by atoms with Crippen molar-refractivity contribution >= 4 is 29.3 Å². The van der Waals surface area contributed by atoms with E-state index in [9.17, 15) is 14.4 Å². The normalized spacial score (nSPS) is 20.7. The molecule has 27 heavy (non-hydrogen) atoms. The van der Waals surface area contributed by atoms with Gasteiger partial charge in [-0.1, -0.05) is 23.7 Å². The van der Waals surface area contributed by atoms with Crippen LogP contribution < -0.4 is 14.8 Å². The van der Waals surface area contributed by atoms with Gasteiger partial charge < -0.3 is 14.8 Å². The molecular weight excluding hydrogens is 372 g/mol. The van der Waals surface area contributed by atoms with Gasteiger partial charge in [-0.15, -0.1) is 0 Å². The van der Waals surface area contributed by atoms with E-state index in [-0.39, 0.29) is 19.1 Å². The van der Waals surface area contributed by atoms with Gasteiger partial charge >= 0.3 is 6.03 Å². The van der Waals surface area contributed by atoms with E-state index < -0.39 is 17.5 Å². The first-order chi connectivity index (χ1) is 12.9. The smallest absolute Gasteiger partial charge is 0.325 e. The van der Waals surface area contributed by atoms with Gasteiger partial charge in [0.2, 0.25) is 6.79 Å². The number of fused-ring (bicyclic) bond motifs is 1. The van der Waals surface area contributed by atoms with E-state index in [4.69, 9.17) is 21.1 Å². The van der Waals surface area contributed by atoms with Crippen LogP contribution in [0.2, 0.25) is 5.02 Å². The molecule has 0 saturated carbocycles. The molecule has 2 heterocycles. The first-order valence-corrected chi connectivity index (χ1v) is 8.59. The van der Waals surface area contributed by atoms with E-state index in [0.29, 0.717) is 27.6 Å². The summed E-state index contributed by atoms with van der Waals surface area (Å²) in [6, 6.07) is 10.7. The second-order valence-corrected chi connectivity index (χ2v) is 6.88. The molecule has 0 aromatic heterocycles. The largest absolute Gasteiger partial charge is 0.454 e. The van der Waals surface area contributed by atoms with Crippen LogP contribution in [-0.4, -0.2) is 36.0 Å². The molecule has 1 N–H and O–H groups in total. The van der Waals surface area contributed by atoms with Crippen LogP contribution in [0, 0.1) is 0 Å². The second-order valence-electron chi connectivity index (χ2n) is 6.44. The molecule has 2 aliphatic heterocycles. The number of Topliss-reactive ketones (excluding diaryl/α,β-unsaturated/α-hetero) is 1. The number of urea groups is 1. The third-order valence-corrected chi connectivity index (χ3v) is 4.94. The van der Waals surface area contributed by atoms with Crippen molar-refractivity contribution in [3.8, 4) is 11.5 Å². The zero-order valence-electron chi connectivity index (χ0n) is 14.3. The maximum atomic E-state index is 12.9. The van der Waals surface area contributed by atoms with E-state index in [2.05, 4.69) is 5.32 Å². The van der Waals surface area contributed by atoms with Gasteiger partial charge in [0.05, 0.1) is 6.54 Å². The number of amides is 3. The molecule has 2 aromatic rings. The predicted octanol–water partition coefficient (Wildman–Crippen LogP) is 2.72. The van der Waals surface area contributed by atoms with Crippen molar-refractivity contribution in [2.75, 3.05) is 13.3 Å². The summed E-state index contributed by atoms with van der Waals surface area (Å²) in [7, 11) is 0. The SMILES string of the molecule is C[C@]1(c2ccc(Cl)cc2)NC(=O)N(CC(=O)c2ccc3c(c2)OCO3)C1=O. The number of carbonyl (C=O) groups is 3. The highest BCUT2D eigenvalue weighted by atomic mass is 35.5. The third kappa shape index (κ3) is 2.90. The molecule has 0 aliphatic carbocycles. The van der Waals surface area contributed by atoms with Gasteiger partial charge in [0, 0.05) is 10.6 Å². The Balaban J connectivity index is 1.55. The van der Waals surface area contributed by atoms with Gasteiger partial charge in [-0.05, 0) is 42.8 Å². The Labute approximate surface area is 159 Å². The van der Waals surface area contributed by atoms with Crippen LogP contribution >= 0.6 is 11.6 Å². The fourth-order valence-corrected chi connectivity index (χ4v) is 3.25. The van der Waals surface area contributed by atoms with Crippen molar-refractivity contribution in [1.82, 2.24) is 10.2 Å². The molecule has 0 bridgehead atoms. The van der Waals surface area contributed by atoms with Crippen molar-refractivity contribution < 1.29 is 23.9 Å². The molecule has 0 spiro atoms. The van der Waals surface area contributed by atoms with E-state index in [1.165, 1.54) is 0 Å². The van der Waals surface area contributed by atoms with Gasteiger partial charge in [-0.2, -0.15) is 0 Å². The third-order valence-electron chi connectivity index (χ3n) is 4.69. The summed E-state index contributed by atoms with van der Waals surface area (Å²) in [6.45, 7) is 1.33. The number of nitrogens with one attached hydrogen (secondary N) is 1. The highest BCUT2D eigenvalue weighted by Crippen LogP contribution is 2.33. The number of ketones is 1. The Hall–Kier alpha value is -3.06. The van der Waals surface area contributed by atoms with Crippen LogP contribution in [0.5, 0.6) is 11.5 Å². The zero-order chi connectivity index (χ0) is 19.2. The maximum Gasteiger partial charge on any atom is 0.325 e. The van der Waals surface area contributed by atoms with E-state index >= 15 is 0 Å². The van der Waals surface area contributed by atoms with Crippen LogP contribution in [0.1, 0.15) is 22.8 Å². The minimum Gasteiger partial charge on any atom is -0.454 e. The Morgan fingerprint density at radius 2 is 1.85 bits per heavy atom. The van der Waals surface area contributed by atoms with Gasteiger partial charge in [0.25, 0.3) is 5.91 Å². The maximum absolute atomic E-state index is 12.9. The number of carbonyl (C=O) groups excluding carboxylic acids is 3. The van der Waals surface area contributed by atoms with Crippen molar-refractivity contribution in [2.24, 2.45) is 0 Å². The Morgan fingerprint density at radius 3 is 2.59 bits per heavy atom. The molecule has 138 valence electrons. The van der Waals surface area contributed by atoms with Crippen molar-refractivity contribution in [2.45, 2.75) is 12.5 Å². The van der Waals surface area contributed by atoms with Crippen LogP contribution in [0.4, 0.5) is 4.79 Å². The molecule has 3 amide bonds. The molecule has 1 fully saturated rings. The van der Waals surface area contributed by atoms with Gasteiger partial charge in [-0.3, -0.25) is 14.5 Å². The summed E-state index contributed by atoms with van der Waals surface area (Å²) in [6.07, 6.45) is 0. The molecule has 8 heteroatoms. The summed E-state index contributed by atoms with van der Waals surface area (Å²) in [5.74, 6) is 0.141. The molecule has 2 aromatic carbocycles. The van der Waals surface area contributed by atoms with Gasteiger partial charge in [-0.25, -0.2) is 4.79 Å². The molecular formula is C19H15ClN2O5.